The quantitative estimate of drug-likeness (QED) is 0.923. The summed E-state index contributed by atoms with van der Waals surface area (Å²) in [6, 6.07) is 9.96. The molecule has 1 fully saturated rings. The van der Waals surface area contributed by atoms with Gasteiger partial charge in [-0.25, -0.2) is 8.93 Å². The molecule has 0 amide bonds. The zero-order valence-corrected chi connectivity index (χ0v) is 13.0. The fourth-order valence-corrected chi connectivity index (χ4v) is 3.89. The Balaban J connectivity index is 2.10. The van der Waals surface area contributed by atoms with Crippen LogP contribution < -0.4 is 4.72 Å². The Labute approximate surface area is 124 Å². The zero-order valence-electron chi connectivity index (χ0n) is 12.2. The van der Waals surface area contributed by atoms with Crippen LogP contribution in [0.2, 0.25) is 0 Å². The van der Waals surface area contributed by atoms with Crippen LogP contribution in [0.15, 0.2) is 29.2 Å². The van der Waals surface area contributed by atoms with Crippen LogP contribution in [0.1, 0.15) is 44.6 Å². The highest BCUT2D eigenvalue weighted by Gasteiger charge is 2.36. The molecule has 3 nitrogen and oxygen atoms in total. The van der Waals surface area contributed by atoms with Crippen molar-refractivity contribution in [2.75, 3.05) is 0 Å². The molecule has 0 spiro atoms. The highest BCUT2D eigenvalue weighted by molar-refractivity contribution is 7.83. The lowest BCUT2D eigenvalue weighted by atomic mass is 9.77. The Morgan fingerprint density at radius 1 is 1.25 bits per heavy atom. The normalized spacial score (nSPS) is 20.9. The van der Waals surface area contributed by atoms with Gasteiger partial charge in [0.15, 0.2) is 0 Å². The van der Waals surface area contributed by atoms with Gasteiger partial charge in [-0.05, 0) is 44.7 Å². The number of nitrogens with one attached hydrogen (secondary N) is 1. The molecule has 1 aliphatic carbocycles. The van der Waals surface area contributed by atoms with E-state index in [0.29, 0.717) is 0 Å². The number of nitriles is 1. The van der Waals surface area contributed by atoms with Gasteiger partial charge in [-0.15, -0.1) is 0 Å². The summed E-state index contributed by atoms with van der Waals surface area (Å²) < 4.78 is 15.5. The fraction of sp³-hybridized carbons (Fsp3) is 0.562. The monoisotopic (exact) mass is 290 g/mol. The third-order valence-corrected chi connectivity index (χ3v) is 5.50. The van der Waals surface area contributed by atoms with E-state index in [9.17, 15) is 9.47 Å². The lowest BCUT2D eigenvalue weighted by molar-refractivity contribution is 0.255. The lowest BCUT2D eigenvalue weighted by Gasteiger charge is -2.34. The van der Waals surface area contributed by atoms with Gasteiger partial charge >= 0.3 is 0 Å². The summed E-state index contributed by atoms with van der Waals surface area (Å²) in [6.45, 7) is 3.89. The van der Waals surface area contributed by atoms with Crippen LogP contribution in [-0.4, -0.2) is 9.75 Å². The molecular weight excluding hydrogens is 268 g/mol. The number of rotatable bonds is 4. The van der Waals surface area contributed by atoms with Crippen LogP contribution in [0.25, 0.3) is 0 Å². The third-order valence-electron chi connectivity index (χ3n) is 4.19. The molecule has 4 heteroatoms. The van der Waals surface area contributed by atoms with Crippen LogP contribution in [0.5, 0.6) is 0 Å². The van der Waals surface area contributed by atoms with Crippen molar-refractivity contribution >= 4 is 11.0 Å². The van der Waals surface area contributed by atoms with E-state index in [4.69, 9.17) is 0 Å². The summed E-state index contributed by atoms with van der Waals surface area (Å²) in [5.74, 6) is 0.288. The topological polar surface area (TPSA) is 52.9 Å². The molecule has 1 aromatic rings. The summed E-state index contributed by atoms with van der Waals surface area (Å²) in [5.41, 5.74) is 0.428. The van der Waals surface area contributed by atoms with Crippen molar-refractivity contribution < 1.29 is 4.21 Å². The van der Waals surface area contributed by atoms with Crippen LogP contribution in [0.3, 0.4) is 0 Å². The first-order valence-corrected chi connectivity index (χ1v) is 8.37. The van der Waals surface area contributed by atoms with Gasteiger partial charge in [0.1, 0.15) is 16.5 Å². The molecule has 0 saturated heterocycles. The maximum atomic E-state index is 12.4. The number of aryl methyl sites for hydroxylation is 1. The van der Waals surface area contributed by atoms with Crippen molar-refractivity contribution in [3.8, 4) is 6.07 Å². The minimum atomic E-state index is -1.34. The Kier molecular flexibility index (Phi) is 4.95. The van der Waals surface area contributed by atoms with Crippen molar-refractivity contribution in [3.05, 3.63) is 29.8 Å². The van der Waals surface area contributed by atoms with E-state index in [0.717, 1.165) is 23.3 Å². The molecule has 0 unspecified atom stereocenters. The van der Waals surface area contributed by atoms with Gasteiger partial charge in [0.2, 0.25) is 0 Å². The van der Waals surface area contributed by atoms with E-state index >= 15 is 0 Å². The Hall–Kier alpha value is -1.18. The first kappa shape index (κ1) is 15.2. The van der Waals surface area contributed by atoms with Crippen molar-refractivity contribution in [1.82, 2.24) is 4.72 Å². The molecule has 0 radical (unpaired) electrons. The minimum Gasteiger partial charge on any atom is -0.237 e. The molecular formula is C16H22N2OS. The Morgan fingerprint density at radius 3 is 2.40 bits per heavy atom. The maximum Gasteiger partial charge on any atom is 0.126 e. The summed E-state index contributed by atoms with van der Waals surface area (Å²) in [7, 11) is -1.34. The fourth-order valence-electron chi connectivity index (χ4n) is 2.79. The summed E-state index contributed by atoms with van der Waals surface area (Å²) in [6.07, 6.45) is 5.67. The van der Waals surface area contributed by atoms with Gasteiger partial charge < -0.3 is 0 Å². The molecule has 2 atom stereocenters. The molecule has 2 rings (SSSR count). The number of hydrogen-bond acceptors (Lipinski definition) is 2. The van der Waals surface area contributed by atoms with Crippen LogP contribution in [0.4, 0.5) is 0 Å². The van der Waals surface area contributed by atoms with Gasteiger partial charge in [-0.2, -0.15) is 5.26 Å². The highest BCUT2D eigenvalue weighted by atomic mass is 32.2. The summed E-state index contributed by atoms with van der Waals surface area (Å²) in [5, 5.41) is 9.53. The number of benzene rings is 1. The third kappa shape index (κ3) is 3.47. The SMILES string of the molecule is Cc1ccc([S@](=O)N[C@](C)(C#N)C2CCCCC2)cc1. The average molecular weight is 290 g/mol. The van der Waals surface area contributed by atoms with Crippen molar-refractivity contribution in [2.45, 2.75) is 56.4 Å². The molecule has 1 N–H and O–H groups in total. The number of hydrogen-bond donors (Lipinski definition) is 1. The second-order valence-electron chi connectivity index (χ2n) is 5.83. The first-order chi connectivity index (χ1) is 9.55. The van der Waals surface area contributed by atoms with Crippen molar-refractivity contribution in [2.24, 2.45) is 5.92 Å². The second-order valence-corrected chi connectivity index (χ2v) is 7.05. The standard InChI is InChI=1S/C16H22N2OS/c1-13-8-10-15(11-9-13)20(19)18-16(2,12-17)14-6-4-3-5-7-14/h8-11,14,18H,3-7H2,1-2H3/t16-,20+/m1/s1. The Morgan fingerprint density at radius 2 is 1.85 bits per heavy atom. The molecule has 1 aromatic carbocycles. The smallest absolute Gasteiger partial charge is 0.126 e. The minimum absolute atomic E-state index is 0.288. The predicted octanol–water partition coefficient (Wildman–Crippen LogP) is 3.47. The van der Waals surface area contributed by atoms with E-state index in [2.05, 4.69) is 10.8 Å². The van der Waals surface area contributed by atoms with Crippen LogP contribution >= 0.6 is 0 Å². The van der Waals surface area contributed by atoms with E-state index in [-0.39, 0.29) is 5.92 Å². The van der Waals surface area contributed by atoms with Gasteiger partial charge in [-0.3, -0.25) is 0 Å². The van der Waals surface area contributed by atoms with E-state index < -0.39 is 16.5 Å². The lowest BCUT2D eigenvalue weighted by Crippen LogP contribution is -2.49. The van der Waals surface area contributed by atoms with Gasteiger partial charge in [-0.1, -0.05) is 37.0 Å². The number of nitrogens with zero attached hydrogens (tertiary/aromatic N) is 1. The molecule has 0 aromatic heterocycles. The highest BCUT2D eigenvalue weighted by Crippen LogP contribution is 2.32. The van der Waals surface area contributed by atoms with E-state index in [1.807, 2.05) is 38.1 Å². The van der Waals surface area contributed by atoms with Crippen LogP contribution in [0, 0.1) is 24.2 Å². The Bertz CT molecular complexity index is 514. The maximum absolute atomic E-state index is 12.4. The summed E-state index contributed by atoms with van der Waals surface area (Å²) in [4.78, 5) is 0.730. The largest absolute Gasteiger partial charge is 0.237 e. The van der Waals surface area contributed by atoms with Crippen LogP contribution in [-0.2, 0) is 11.0 Å². The van der Waals surface area contributed by atoms with Gasteiger partial charge in [0.25, 0.3) is 0 Å². The molecule has 0 heterocycles. The molecule has 0 bridgehead atoms. The van der Waals surface area contributed by atoms with Crippen molar-refractivity contribution in [1.29, 1.82) is 5.26 Å². The molecule has 108 valence electrons. The second kappa shape index (κ2) is 6.51. The molecule has 20 heavy (non-hydrogen) atoms. The van der Waals surface area contributed by atoms with Gasteiger partial charge in [0, 0.05) is 0 Å². The van der Waals surface area contributed by atoms with E-state index in [1.54, 1.807) is 0 Å². The zero-order chi connectivity index (χ0) is 14.6. The van der Waals surface area contributed by atoms with Crippen molar-refractivity contribution in [3.63, 3.8) is 0 Å². The van der Waals surface area contributed by atoms with Gasteiger partial charge in [0.05, 0.1) is 11.0 Å². The molecule has 1 saturated carbocycles. The summed E-state index contributed by atoms with van der Waals surface area (Å²) >= 11 is 0. The molecule has 0 aliphatic heterocycles. The average Bonchev–Trinajstić information content (AvgIpc) is 2.48. The first-order valence-electron chi connectivity index (χ1n) is 7.23. The predicted molar refractivity (Wildman–Crippen MR) is 81.3 cm³/mol. The molecule has 1 aliphatic rings. The van der Waals surface area contributed by atoms with E-state index in [1.165, 1.54) is 19.3 Å².